The molecule has 0 aliphatic rings. The number of hydrogen-bond donors (Lipinski definition) is 0. The molecule has 0 bridgehead atoms. The van der Waals surface area contributed by atoms with Crippen molar-refractivity contribution in [3.8, 4) is 11.8 Å². The molecule has 0 aromatic heterocycles. The molecular formula is C15H8F2O. The standard InChI is InChI=1S/C15H8F2O/c16-12-7-4-8-13(17)15(12)14(18)10-9-11-5-2-1-3-6-11/h1-8H. The van der Waals surface area contributed by atoms with E-state index in [1.54, 1.807) is 24.3 Å². The molecule has 0 fully saturated rings. The summed E-state index contributed by atoms with van der Waals surface area (Å²) < 4.78 is 26.6. The third-order valence-corrected chi connectivity index (χ3v) is 2.28. The van der Waals surface area contributed by atoms with Crippen LogP contribution in [0.15, 0.2) is 48.5 Å². The Balaban J connectivity index is 2.32. The van der Waals surface area contributed by atoms with Gasteiger partial charge in [-0.25, -0.2) is 8.78 Å². The molecule has 0 unspecified atom stereocenters. The maximum absolute atomic E-state index is 13.3. The molecule has 0 aliphatic heterocycles. The summed E-state index contributed by atoms with van der Waals surface area (Å²) >= 11 is 0. The normalized spacial score (nSPS) is 9.44. The zero-order chi connectivity index (χ0) is 13.0. The number of carbonyl (C=O) groups is 1. The van der Waals surface area contributed by atoms with Crippen molar-refractivity contribution in [1.29, 1.82) is 0 Å². The largest absolute Gasteiger partial charge is 0.279 e. The number of hydrogen-bond acceptors (Lipinski definition) is 1. The Bertz CT molecular complexity index is 616. The minimum Gasteiger partial charge on any atom is -0.279 e. The molecule has 0 aliphatic carbocycles. The van der Waals surface area contributed by atoms with Gasteiger partial charge in [-0.05, 0) is 30.2 Å². The van der Waals surface area contributed by atoms with E-state index in [9.17, 15) is 13.6 Å². The van der Waals surface area contributed by atoms with Gasteiger partial charge in [0.25, 0.3) is 0 Å². The Hall–Kier alpha value is -2.47. The van der Waals surface area contributed by atoms with E-state index in [-0.39, 0.29) is 0 Å². The summed E-state index contributed by atoms with van der Waals surface area (Å²) in [5.74, 6) is 2.12. The van der Waals surface area contributed by atoms with Crippen molar-refractivity contribution in [3.05, 3.63) is 71.3 Å². The van der Waals surface area contributed by atoms with Crippen LogP contribution in [0.1, 0.15) is 15.9 Å². The zero-order valence-corrected chi connectivity index (χ0v) is 9.28. The average molecular weight is 242 g/mol. The molecule has 2 aromatic rings. The number of halogens is 2. The van der Waals surface area contributed by atoms with Crippen LogP contribution >= 0.6 is 0 Å². The highest BCUT2D eigenvalue weighted by molar-refractivity contribution is 6.09. The molecule has 0 N–H and O–H groups in total. The van der Waals surface area contributed by atoms with Gasteiger partial charge in [0.1, 0.15) is 17.2 Å². The predicted octanol–water partition coefficient (Wildman–Crippen LogP) is 3.20. The fourth-order valence-electron chi connectivity index (χ4n) is 1.43. The third kappa shape index (κ3) is 2.61. The van der Waals surface area contributed by atoms with Crippen molar-refractivity contribution in [2.75, 3.05) is 0 Å². The number of Topliss-reactive ketones (excluding diaryl/α,β-unsaturated/α-hetero) is 1. The number of rotatable bonds is 1. The first-order valence-electron chi connectivity index (χ1n) is 5.24. The van der Waals surface area contributed by atoms with Crippen LogP contribution in [0.4, 0.5) is 8.78 Å². The summed E-state index contributed by atoms with van der Waals surface area (Å²) in [6.07, 6.45) is 0. The highest BCUT2D eigenvalue weighted by Gasteiger charge is 2.14. The third-order valence-electron chi connectivity index (χ3n) is 2.28. The lowest BCUT2D eigenvalue weighted by atomic mass is 10.1. The molecule has 0 atom stereocenters. The lowest BCUT2D eigenvalue weighted by Gasteiger charge is -1.97. The molecule has 2 rings (SSSR count). The second kappa shape index (κ2) is 5.24. The Morgan fingerprint density at radius 2 is 1.50 bits per heavy atom. The van der Waals surface area contributed by atoms with Crippen LogP contribution in [0.25, 0.3) is 0 Å². The van der Waals surface area contributed by atoms with Crippen molar-refractivity contribution in [3.63, 3.8) is 0 Å². The van der Waals surface area contributed by atoms with Crippen molar-refractivity contribution in [2.45, 2.75) is 0 Å². The quantitative estimate of drug-likeness (QED) is 0.554. The summed E-state index contributed by atoms with van der Waals surface area (Å²) in [5.41, 5.74) is 0.00327. The molecule has 2 aromatic carbocycles. The second-order valence-electron chi connectivity index (χ2n) is 3.54. The van der Waals surface area contributed by atoms with E-state index in [1.165, 1.54) is 6.07 Å². The van der Waals surface area contributed by atoms with Crippen LogP contribution in [0, 0.1) is 23.5 Å². The van der Waals surface area contributed by atoms with Gasteiger partial charge in [-0.15, -0.1) is 0 Å². The van der Waals surface area contributed by atoms with Gasteiger partial charge in [-0.2, -0.15) is 0 Å². The van der Waals surface area contributed by atoms with E-state index in [1.807, 2.05) is 6.07 Å². The fourth-order valence-corrected chi connectivity index (χ4v) is 1.43. The van der Waals surface area contributed by atoms with E-state index in [4.69, 9.17) is 0 Å². The Morgan fingerprint density at radius 1 is 0.889 bits per heavy atom. The first-order chi connectivity index (χ1) is 8.68. The van der Waals surface area contributed by atoms with Gasteiger partial charge in [0.05, 0.1) is 0 Å². The van der Waals surface area contributed by atoms with E-state index in [2.05, 4.69) is 11.8 Å². The van der Waals surface area contributed by atoms with E-state index in [0.717, 1.165) is 12.1 Å². The van der Waals surface area contributed by atoms with Gasteiger partial charge in [0, 0.05) is 5.56 Å². The van der Waals surface area contributed by atoms with Crippen molar-refractivity contribution in [2.24, 2.45) is 0 Å². The molecule has 88 valence electrons. The maximum atomic E-state index is 13.3. The summed E-state index contributed by atoms with van der Waals surface area (Å²) in [7, 11) is 0. The molecule has 3 heteroatoms. The maximum Gasteiger partial charge on any atom is 0.242 e. The lowest BCUT2D eigenvalue weighted by Crippen LogP contribution is -2.03. The van der Waals surface area contributed by atoms with Gasteiger partial charge >= 0.3 is 0 Å². The minimum atomic E-state index is -0.901. The van der Waals surface area contributed by atoms with Gasteiger partial charge in [0.2, 0.25) is 5.78 Å². The van der Waals surface area contributed by atoms with Crippen LogP contribution in [0.3, 0.4) is 0 Å². The van der Waals surface area contributed by atoms with Gasteiger partial charge in [-0.1, -0.05) is 30.2 Å². The van der Waals surface area contributed by atoms with Crippen LogP contribution in [-0.2, 0) is 0 Å². The number of benzene rings is 2. The molecule has 0 amide bonds. The first-order valence-corrected chi connectivity index (χ1v) is 5.24. The van der Waals surface area contributed by atoms with Crippen molar-refractivity contribution in [1.82, 2.24) is 0 Å². The van der Waals surface area contributed by atoms with Crippen molar-refractivity contribution < 1.29 is 13.6 Å². The Morgan fingerprint density at radius 3 is 2.11 bits per heavy atom. The summed E-state index contributed by atoms with van der Waals surface area (Å²) in [6.45, 7) is 0. The highest BCUT2D eigenvalue weighted by Crippen LogP contribution is 2.12. The molecule has 0 radical (unpaired) electrons. The van der Waals surface area contributed by atoms with E-state index in [0.29, 0.717) is 5.56 Å². The molecule has 1 nitrogen and oxygen atoms in total. The van der Waals surface area contributed by atoms with Crippen LogP contribution < -0.4 is 0 Å². The van der Waals surface area contributed by atoms with E-state index >= 15 is 0 Å². The Kier molecular flexibility index (Phi) is 3.49. The minimum absolute atomic E-state index is 0.610. The van der Waals surface area contributed by atoms with Crippen LogP contribution in [0.5, 0.6) is 0 Å². The van der Waals surface area contributed by atoms with Crippen molar-refractivity contribution >= 4 is 5.78 Å². The summed E-state index contributed by atoms with van der Waals surface area (Å²) in [4.78, 5) is 11.6. The zero-order valence-electron chi connectivity index (χ0n) is 9.28. The molecule has 0 spiro atoms. The van der Waals surface area contributed by atoms with Gasteiger partial charge in [-0.3, -0.25) is 4.79 Å². The smallest absolute Gasteiger partial charge is 0.242 e. The Labute approximate surface area is 103 Å². The van der Waals surface area contributed by atoms with Crippen LogP contribution in [0.2, 0.25) is 0 Å². The molecule has 18 heavy (non-hydrogen) atoms. The lowest BCUT2D eigenvalue weighted by molar-refractivity contribution is 0.104. The topological polar surface area (TPSA) is 17.1 Å². The number of carbonyl (C=O) groups excluding carboxylic acids is 1. The molecule has 0 saturated carbocycles. The van der Waals surface area contributed by atoms with Gasteiger partial charge < -0.3 is 0 Å². The second-order valence-corrected chi connectivity index (χ2v) is 3.54. The molecule has 0 saturated heterocycles. The summed E-state index contributed by atoms with van der Waals surface area (Å²) in [5, 5.41) is 0. The van der Waals surface area contributed by atoms with Gasteiger partial charge in [0.15, 0.2) is 0 Å². The van der Waals surface area contributed by atoms with E-state index < -0.39 is 23.0 Å². The molecular weight excluding hydrogens is 234 g/mol. The SMILES string of the molecule is O=C(C#Cc1ccccc1)c1c(F)cccc1F. The first kappa shape index (κ1) is 12.0. The average Bonchev–Trinajstić information content (AvgIpc) is 2.37. The highest BCUT2D eigenvalue weighted by atomic mass is 19.1. The van der Waals surface area contributed by atoms with Crippen LogP contribution in [-0.4, -0.2) is 5.78 Å². The summed E-state index contributed by atoms with van der Waals surface area (Å²) in [6, 6.07) is 12.0. The number of ketones is 1. The molecule has 0 heterocycles. The fraction of sp³-hybridized carbons (Fsp3) is 0. The monoisotopic (exact) mass is 242 g/mol. The predicted molar refractivity (Wildman–Crippen MR) is 64.0 cm³/mol.